The van der Waals surface area contributed by atoms with E-state index in [-0.39, 0.29) is 6.03 Å². The van der Waals surface area contributed by atoms with Crippen molar-refractivity contribution in [2.75, 3.05) is 18.8 Å². The Hall–Kier alpha value is -1.84. The molecule has 0 unspecified atom stereocenters. The van der Waals surface area contributed by atoms with E-state index in [9.17, 15) is 4.79 Å². The average molecular weight is 219 g/mol. The van der Waals surface area contributed by atoms with Gasteiger partial charge in [-0.25, -0.2) is 9.79 Å². The molecule has 2 N–H and O–H groups in total. The molecule has 0 spiro atoms. The number of aliphatic imine (C=N–C) groups is 1. The van der Waals surface area contributed by atoms with E-state index in [0.29, 0.717) is 18.8 Å². The van der Waals surface area contributed by atoms with Gasteiger partial charge in [0.15, 0.2) is 0 Å². The third kappa shape index (κ3) is 3.38. The van der Waals surface area contributed by atoms with Gasteiger partial charge in [-0.1, -0.05) is 12.1 Å². The van der Waals surface area contributed by atoms with E-state index >= 15 is 0 Å². The zero-order valence-electron chi connectivity index (χ0n) is 9.68. The zero-order chi connectivity index (χ0) is 12.0. The molecule has 0 aliphatic carbocycles. The molecule has 4 nitrogen and oxygen atoms in total. The molecule has 2 amide bonds. The van der Waals surface area contributed by atoms with Crippen LogP contribution in [0, 0.1) is 0 Å². The van der Waals surface area contributed by atoms with Crippen LogP contribution in [0.25, 0.3) is 0 Å². The standard InChI is InChI=1S/C12H17N3O/c1-3-15(4-2)12(16)14-9-10-5-7-11(13)8-6-10/h5-9H,3-4,13H2,1-2H3. The van der Waals surface area contributed by atoms with Crippen LogP contribution in [-0.4, -0.2) is 30.2 Å². The third-order valence-corrected chi connectivity index (χ3v) is 2.29. The van der Waals surface area contributed by atoms with Gasteiger partial charge in [-0.15, -0.1) is 0 Å². The number of nitrogen functional groups attached to an aromatic ring is 1. The molecule has 0 aliphatic heterocycles. The van der Waals surface area contributed by atoms with Crippen molar-refractivity contribution in [2.45, 2.75) is 13.8 Å². The van der Waals surface area contributed by atoms with Crippen LogP contribution in [0.1, 0.15) is 19.4 Å². The second-order valence-corrected chi connectivity index (χ2v) is 3.38. The molecule has 86 valence electrons. The van der Waals surface area contributed by atoms with E-state index in [2.05, 4.69) is 4.99 Å². The maximum atomic E-state index is 11.5. The predicted molar refractivity (Wildman–Crippen MR) is 66.8 cm³/mol. The van der Waals surface area contributed by atoms with Crippen molar-refractivity contribution in [2.24, 2.45) is 4.99 Å². The van der Waals surface area contributed by atoms with Crippen molar-refractivity contribution in [1.82, 2.24) is 4.90 Å². The minimum atomic E-state index is -0.207. The Labute approximate surface area is 95.8 Å². The fourth-order valence-corrected chi connectivity index (χ4v) is 1.29. The molecular formula is C12H17N3O. The first-order chi connectivity index (χ1) is 7.67. The molecule has 0 radical (unpaired) electrons. The summed E-state index contributed by atoms with van der Waals surface area (Å²) in [5.41, 5.74) is 7.13. The highest BCUT2D eigenvalue weighted by atomic mass is 16.2. The molecule has 1 rings (SSSR count). The largest absolute Gasteiger partial charge is 0.399 e. The SMILES string of the molecule is CCN(CC)C(=O)N=Cc1ccc(N)cc1. The quantitative estimate of drug-likeness (QED) is 0.625. The lowest BCUT2D eigenvalue weighted by molar-refractivity contribution is 0.213. The molecule has 0 saturated carbocycles. The van der Waals surface area contributed by atoms with Gasteiger partial charge in [-0.2, -0.15) is 0 Å². The number of rotatable bonds is 3. The summed E-state index contributed by atoms with van der Waals surface area (Å²) in [6.45, 7) is 5.21. The fraction of sp³-hybridized carbons (Fsp3) is 0.333. The van der Waals surface area contributed by atoms with Crippen molar-refractivity contribution < 1.29 is 4.79 Å². The average Bonchev–Trinajstić information content (AvgIpc) is 2.30. The molecule has 4 heteroatoms. The number of carbonyl (C=O) groups excluding carboxylic acids is 1. The van der Waals surface area contributed by atoms with Crippen molar-refractivity contribution in [3.8, 4) is 0 Å². The topological polar surface area (TPSA) is 58.7 Å². The number of benzene rings is 1. The summed E-state index contributed by atoms with van der Waals surface area (Å²) >= 11 is 0. The number of anilines is 1. The first kappa shape index (κ1) is 12.2. The zero-order valence-corrected chi connectivity index (χ0v) is 9.68. The van der Waals surface area contributed by atoms with Crippen LogP contribution in [-0.2, 0) is 0 Å². The Bertz CT molecular complexity index is 366. The van der Waals surface area contributed by atoms with Crippen molar-refractivity contribution in [3.05, 3.63) is 29.8 Å². The van der Waals surface area contributed by atoms with Crippen LogP contribution in [0.3, 0.4) is 0 Å². The molecule has 1 aromatic carbocycles. The molecule has 0 bridgehead atoms. The molecule has 0 fully saturated rings. The highest BCUT2D eigenvalue weighted by Crippen LogP contribution is 2.03. The van der Waals surface area contributed by atoms with Crippen LogP contribution in [0.15, 0.2) is 29.3 Å². The second kappa shape index (κ2) is 5.90. The lowest BCUT2D eigenvalue weighted by Gasteiger charge is -2.14. The van der Waals surface area contributed by atoms with Gasteiger partial charge in [0.2, 0.25) is 0 Å². The fourth-order valence-electron chi connectivity index (χ4n) is 1.29. The summed E-state index contributed by atoms with van der Waals surface area (Å²) in [5, 5.41) is 0. The minimum Gasteiger partial charge on any atom is -0.399 e. The summed E-state index contributed by atoms with van der Waals surface area (Å²) < 4.78 is 0. The first-order valence-electron chi connectivity index (χ1n) is 5.35. The van der Waals surface area contributed by atoms with Crippen molar-refractivity contribution in [3.63, 3.8) is 0 Å². The lowest BCUT2D eigenvalue weighted by atomic mass is 10.2. The molecule has 16 heavy (non-hydrogen) atoms. The van der Waals surface area contributed by atoms with E-state index in [1.54, 1.807) is 23.2 Å². The van der Waals surface area contributed by atoms with E-state index < -0.39 is 0 Å². The monoisotopic (exact) mass is 219 g/mol. The summed E-state index contributed by atoms with van der Waals surface area (Å²) in [7, 11) is 0. The third-order valence-electron chi connectivity index (χ3n) is 2.29. The van der Waals surface area contributed by atoms with Gasteiger partial charge in [0, 0.05) is 25.0 Å². The minimum absolute atomic E-state index is 0.207. The number of amides is 2. The van der Waals surface area contributed by atoms with E-state index in [4.69, 9.17) is 5.73 Å². The van der Waals surface area contributed by atoms with E-state index in [1.165, 1.54) is 0 Å². The highest BCUT2D eigenvalue weighted by molar-refractivity contribution is 5.91. The van der Waals surface area contributed by atoms with E-state index in [0.717, 1.165) is 5.56 Å². The molecule has 0 saturated heterocycles. The number of nitrogens with two attached hydrogens (primary N) is 1. The van der Waals surface area contributed by atoms with Gasteiger partial charge in [0.05, 0.1) is 0 Å². The Kier molecular flexibility index (Phi) is 4.51. The number of hydrogen-bond acceptors (Lipinski definition) is 2. The molecular weight excluding hydrogens is 202 g/mol. The van der Waals surface area contributed by atoms with Gasteiger partial charge in [-0.05, 0) is 31.5 Å². The smallest absolute Gasteiger partial charge is 0.343 e. The van der Waals surface area contributed by atoms with Gasteiger partial charge < -0.3 is 10.6 Å². The molecule has 0 aromatic heterocycles. The van der Waals surface area contributed by atoms with Crippen LogP contribution in [0.5, 0.6) is 0 Å². The molecule has 0 atom stereocenters. The Balaban J connectivity index is 2.66. The number of urea groups is 1. The molecule has 0 aliphatic rings. The maximum absolute atomic E-state index is 11.5. The second-order valence-electron chi connectivity index (χ2n) is 3.38. The maximum Gasteiger partial charge on any atom is 0.343 e. The number of nitrogens with zero attached hydrogens (tertiary/aromatic N) is 2. The summed E-state index contributed by atoms with van der Waals surface area (Å²) in [6.07, 6.45) is 1.56. The van der Waals surface area contributed by atoms with E-state index in [1.807, 2.05) is 26.0 Å². The van der Waals surface area contributed by atoms with Gasteiger partial charge >= 0.3 is 6.03 Å². The van der Waals surface area contributed by atoms with Crippen LogP contribution >= 0.6 is 0 Å². The van der Waals surface area contributed by atoms with Gasteiger partial charge in [-0.3, -0.25) is 0 Å². The highest BCUT2D eigenvalue weighted by Gasteiger charge is 2.05. The summed E-state index contributed by atoms with van der Waals surface area (Å²) in [4.78, 5) is 17.1. The number of hydrogen-bond donors (Lipinski definition) is 1. The summed E-state index contributed by atoms with van der Waals surface area (Å²) in [6, 6.07) is 7.01. The van der Waals surface area contributed by atoms with Crippen molar-refractivity contribution >= 4 is 17.9 Å². The molecule has 0 heterocycles. The van der Waals surface area contributed by atoms with Gasteiger partial charge in [0.25, 0.3) is 0 Å². The lowest BCUT2D eigenvalue weighted by Crippen LogP contribution is -2.27. The Morgan fingerprint density at radius 1 is 1.31 bits per heavy atom. The summed E-state index contributed by atoms with van der Waals surface area (Å²) in [5.74, 6) is 0. The predicted octanol–water partition coefficient (Wildman–Crippen LogP) is 2.15. The Morgan fingerprint density at radius 3 is 2.38 bits per heavy atom. The Morgan fingerprint density at radius 2 is 1.88 bits per heavy atom. The van der Waals surface area contributed by atoms with Crippen LogP contribution in [0.4, 0.5) is 10.5 Å². The van der Waals surface area contributed by atoms with Crippen LogP contribution < -0.4 is 5.73 Å². The number of carbonyl (C=O) groups is 1. The normalized spacial score (nSPS) is 10.6. The van der Waals surface area contributed by atoms with Crippen molar-refractivity contribution in [1.29, 1.82) is 0 Å². The first-order valence-corrected chi connectivity index (χ1v) is 5.35. The van der Waals surface area contributed by atoms with Gasteiger partial charge in [0.1, 0.15) is 0 Å². The molecule has 1 aromatic rings. The van der Waals surface area contributed by atoms with Crippen LogP contribution in [0.2, 0.25) is 0 Å².